The number of nitrogens with one attached hydrogen (secondary N) is 1. The minimum Gasteiger partial charge on any atom is -0.383 e. The molecule has 1 aromatic carbocycles. The van der Waals surface area contributed by atoms with E-state index in [0.29, 0.717) is 11.8 Å². The Morgan fingerprint density at radius 1 is 1.17 bits per heavy atom. The van der Waals surface area contributed by atoms with Crippen LogP contribution in [0.25, 0.3) is 0 Å². The molecule has 4 bridgehead atoms. The predicted octanol–water partition coefficient (Wildman–Crippen LogP) is 3.61. The van der Waals surface area contributed by atoms with E-state index in [1.165, 1.54) is 31.2 Å². The minimum absolute atomic E-state index is 0.117. The number of likely N-dealkylation sites (tertiary alicyclic amines) is 1. The molecule has 1 aliphatic heterocycles. The van der Waals surface area contributed by atoms with Crippen LogP contribution < -0.4 is 5.32 Å². The maximum absolute atomic E-state index is 13.5. The van der Waals surface area contributed by atoms with Gasteiger partial charge < -0.3 is 15.0 Å². The van der Waals surface area contributed by atoms with Crippen molar-refractivity contribution in [3.8, 4) is 0 Å². The first-order valence-electron chi connectivity index (χ1n) is 11.7. The molecule has 1 amide bonds. The maximum Gasteiger partial charge on any atom is 0.226 e. The summed E-state index contributed by atoms with van der Waals surface area (Å²) < 4.78 is 5.21. The lowest BCUT2D eigenvalue weighted by Gasteiger charge is -2.61. The van der Waals surface area contributed by atoms with Gasteiger partial charge in [0.15, 0.2) is 0 Å². The zero-order chi connectivity index (χ0) is 19.9. The van der Waals surface area contributed by atoms with Crippen LogP contribution in [-0.2, 0) is 14.9 Å². The molecule has 1 aromatic rings. The summed E-state index contributed by atoms with van der Waals surface area (Å²) in [4.78, 5) is 16.0. The average molecular weight is 397 g/mol. The van der Waals surface area contributed by atoms with Gasteiger partial charge >= 0.3 is 0 Å². The normalized spacial score (nSPS) is 38.4. The number of ether oxygens (including phenoxy) is 1. The summed E-state index contributed by atoms with van der Waals surface area (Å²) >= 11 is 0. The highest BCUT2D eigenvalue weighted by molar-refractivity contribution is 5.83. The second-order valence-corrected chi connectivity index (χ2v) is 10.5. The number of carbonyl (C=O) groups excluding carboxylic acids is 1. The smallest absolute Gasteiger partial charge is 0.226 e. The summed E-state index contributed by atoms with van der Waals surface area (Å²) in [6.45, 7) is 4.88. The molecule has 0 aromatic heterocycles. The van der Waals surface area contributed by atoms with Gasteiger partial charge in [0.25, 0.3) is 0 Å². The molecule has 29 heavy (non-hydrogen) atoms. The van der Waals surface area contributed by atoms with E-state index >= 15 is 0 Å². The molecule has 4 aliphatic carbocycles. The van der Waals surface area contributed by atoms with Crippen molar-refractivity contribution >= 4 is 5.91 Å². The van der Waals surface area contributed by atoms with Crippen molar-refractivity contribution in [2.45, 2.75) is 50.4 Å². The zero-order valence-corrected chi connectivity index (χ0v) is 17.9. The van der Waals surface area contributed by atoms with Gasteiger partial charge in [-0.1, -0.05) is 30.3 Å². The van der Waals surface area contributed by atoms with Crippen molar-refractivity contribution in [2.24, 2.45) is 23.2 Å². The fraction of sp³-hybridized carbons (Fsp3) is 0.720. The SMILES string of the molecule is COCCN1CCC(CNC(=O)C23CC4CC(C2)CC(c2ccccc2)(C4)C3)C1. The van der Waals surface area contributed by atoms with E-state index in [0.717, 1.165) is 63.9 Å². The average Bonchev–Trinajstić information content (AvgIpc) is 3.18. The molecule has 1 heterocycles. The summed E-state index contributed by atoms with van der Waals surface area (Å²) in [6, 6.07) is 11.1. The molecule has 4 saturated carbocycles. The summed E-state index contributed by atoms with van der Waals surface area (Å²) in [5, 5.41) is 3.43. The van der Waals surface area contributed by atoms with Gasteiger partial charge in [-0.2, -0.15) is 0 Å². The van der Waals surface area contributed by atoms with Gasteiger partial charge in [0, 0.05) is 26.7 Å². The zero-order valence-electron chi connectivity index (χ0n) is 17.9. The maximum atomic E-state index is 13.5. The number of amides is 1. The molecule has 4 nitrogen and oxygen atoms in total. The van der Waals surface area contributed by atoms with Gasteiger partial charge in [0.2, 0.25) is 5.91 Å². The molecule has 6 rings (SSSR count). The lowest BCUT2D eigenvalue weighted by molar-refractivity contribution is -0.149. The molecule has 5 aliphatic rings. The standard InChI is InChI=1S/C25H36N2O2/c1-29-10-9-27-8-7-19(17-27)16-26-23(28)25-14-20-11-21(15-25)13-24(12-20,18-25)22-5-3-2-4-6-22/h2-6,19-21H,7-18H2,1H3,(H,26,28). The van der Waals surface area contributed by atoms with Crippen molar-refractivity contribution < 1.29 is 9.53 Å². The van der Waals surface area contributed by atoms with Crippen LogP contribution in [0.4, 0.5) is 0 Å². The molecule has 0 radical (unpaired) electrons. The van der Waals surface area contributed by atoms with Crippen LogP contribution >= 0.6 is 0 Å². The summed E-state index contributed by atoms with van der Waals surface area (Å²) in [6.07, 6.45) is 8.42. The first kappa shape index (κ1) is 19.6. The Labute approximate surface area is 175 Å². The van der Waals surface area contributed by atoms with Crippen molar-refractivity contribution in [3.05, 3.63) is 35.9 Å². The Morgan fingerprint density at radius 3 is 2.66 bits per heavy atom. The first-order valence-corrected chi connectivity index (χ1v) is 11.7. The lowest BCUT2D eigenvalue weighted by Crippen LogP contribution is -2.59. The molecular formula is C25H36N2O2. The van der Waals surface area contributed by atoms with Crippen LogP contribution in [0.3, 0.4) is 0 Å². The Bertz CT molecular complexity index is 720. The first-order chi connectivity index (χ1) is 14.1. The molecule has 5 fully saturated rings. The Morgan fingerprint density at radius 2 is 1.93 bits per heavy atom. The van der Waals surface area contributed by atoms with Crippen molar-refractivity contribution in [1.82, 2.24) is 10.2 Å². The number of methoxy groups -OCH3 is 1. The van der Waals surface area contributed by atoms with Gasteiger partial charge in [-0.3, -0.25) is 4.79 Å². The predicted molar refractivity (Wildman–Crippen MR) is 115 cm³/mol. The van der Waals surface area contributed by atoms with Crippen LogP contribution in [-0.4, -0.2) is 50.7 Å². The molecule has 1 N–H and O–H groups in total. The van der Waals surface area contributed by atoms with Crippen LogP contribution in [0.1, 0.15) is 50.5 Å². The van der Waals surface area contributed by atoms with E-state index in [1.807, 2.05) is 0 Å². The van der Waals surface area contributed by atoms with Gasteiger partial charge in [-0.25, -0.2) is 0 Å². The third-order valence-corrected chi connectivity index (χ3v) is 8.46. The highest BCUT2D eigenvalue weighted by Gasteiger charge is 2.60. The van der Waals surface area contributed by atoms with Crippen molar-refractivity contribution in [3.63, 3.8) is 0 Å². The second-order valence-electron chi connectivity index (χ2n) is 10.5. The largest absolute Gasteiger partial charge is 0.383 e. The third kappa shape index (κ3) is 3.63. The Hall–Kier alpha value is -1.39. The van der Waals surface area contributed by atoms with Crippen LogP contribution in [0.15, 0.2) is 30.3 Å². The van der Waals surface area contributed by atoms with Gasteiger partial charge in [-0.05, 0) is 80.2 Å². The minimum atomic E-state index is -0.117. The summed E-state index contributed by atoms with van der Waals surface area (Å²) in [7, 11) is 1.77. The van der Waals surface area contributed by atoms with Gasteiger partial charge in [-0.15, -0.1) is 0 Å². The fourth-order valence-electron chi connectivity index (χ4n) is 7.59. The molecular weight excluding hydrogens is 360 g/mol. The van der Waals surface area contributed by atoms with E-state index in [4.69, 9.17) is 4.74 Å². The van der Waals surface area contributed by atoms with Crippen LogP contribution in [0, 0.1) is 23.2 Å². The van der Waals surface area contributed by atoms with Crippen LogP contribution in [0.2, 0.25) is 0 Å². The van der Waals surface area contributed by atoms with E-state index in [-0.39, 0.29) is 10.8 Å². The highest BCUT2D eigenvalue weighted by atomic mass is 16.5. The molecule has 4 heteroatoms. The monoisotopic (exact) mass is 396 g/mol. The second kappa shape index (κ2) is 7.70. The molecule has 3 atom stereocenters. The highest BCUT2D eigenvalue weighted by Crippen LogP contribution is 2.65. The van der Waals surface area contributed by atoms with E-state index in [1.54, 1.807) is 7.11 Å². The summed E-state index contributed by atoms with van der Waals surface area (Å²) in [5.74, 6) is 2.42. The fourth-order valence-corrected chi connectivity index (χ4v) is 7.59. The molecule has 0 spiro atoms. The van der Waals surface area contributed by atoms with Crippen LogP contribution in [0.5, 0.6) is 0 Å². The number of hydrogen-bond acceptors (Lipinski definition) is 3. The van der Waals surface area contributed by atoms with E-state index in [9.17, 15) is 4.79 Å². The number of rotatable bonds is 7. The lowest BCUT2D eigenvalue weighted by atomic mass is 9.42. The van der Waals surface area contributed by atoms with E-state index in [2.05, 4.69) is 40.5 Å². The Balaban J connectivity index is 1.25. The van der Waals surface area contributed by atoms with Gasteiger partial charge in [0.1, 0.15) is 0 Å². The topological polar surface area (TPSA) is 41.6 Å². The van der Waals surface area contributed by atoms with E-state index < -0.39 is 0 Å². The molecule has 158 valence electrons. The Kier molecular flexibility index (Phi) is 5.19. The third-order valence-electron chi connectivity index (χ3n) is 8.46. The molecule has 1 saturated heterocycles. The van der Waals surface area contributed by atoms with Crippen molar-refractivity contribution in [2.75, 3.05) is 39.9 Å². The number of benzene rings is 1. The molecule has 3 unspecified atom stereocenters. The number of hydrogen-bond donors (Lipinski definition) is 1. The number of carbonyl (C=O) groups is 1. The number of nitrogens with zero attached hydrogens (tertiary/aromatic N) is 1. The van der Waals surface area contributed by atoms with Gasteiger partial charge in [0.05, 0.1) is 12.0 Å². The quantitative estimate of drug-likeness (QED) is 0.766. The summed E-state index contributed by atoms with van der Waals surface area (Å²) in [5.41, 5.74) is 1.61. The van der Waals surface area contributed by atoms with Crippen molar-refractivity contribution in [1.29, 1.82) is 0 Å².